The van der Waals surface area contributed by atoms with Crippen LogP contribution >= 0.6 is 22.9 Å². The maximum Gasteiger partial charge on any atom is 0.134 e. The molecule has 0 aliphatic heterocycles. The number of hydrogen-bond donors (Lipinski definition) is 1. The van der Waals surface area contributed by atoms with Gasteiger partial charge in [0, 0.05) is 20.7 Å². The van der Waals surface area contributed by atoms with Gasteiger partial charge in [-0.15, -0.1) is 11.3 Å². The maximum atomic E-state index is 6.21. The molecular formula is C14H12ClNO2S. The first-order chi connectivity index (χ1) is 9.17. The van der Waals surface area contributed by atoms with E-state index in [1.807, 2.05) is 29.6 Å². The topological polar surface area (TPSA) is 48.4 Å². The number of methoxy groups -OCH3 is 1. The maximum absolute atomic E-state index is 6.21. The summed E-state index contributed by atoms with van der Waals surface area (Å²) in [5.74, 6) is 1.54. The molecule has 0 fully saturated rings. The number of thiophene rings is 1. The lowest BCUT2D eigenvalue weighted by molar-refractivity contribution is 0.416. The van der Waals surface area contributed by atoms with Gasteiger partial charge in [0.25, 0.3) is 0 Å². The highest BCUT2D eigenvalue weighted by molar-refractivity contribution is 7.10. The highest BCUT2D eigenvalue weighted by Gasteiger charge is 2.16. The molecule has 0 spiro atoms. The SMILES string of the molecule is COc1csc(C(N)c2cc3cc(Cl)ccc3o2)c1. The van der Waals surface area contributed by atoms with Gasteiger partial charge in [-0.1, -0.05) is 11.6 Å². The van der Waals surface area contributed by atoms with Crippen LogP contribution in [0, 0.1) is 0 Å². The third-order valence-corrected chi connectivity index (χ3v) is 4.17. The second-order valence-corrected chi connectivity index (χ2v) is 5.58. The van der Waals surface area contributed by atoms with Gasteiger partial charge in [-0.2, -0.15) is 0 Å². The standard InChI is InChI=1S/C14H12ClNO2S/c1-17-10-6-13(19-7-10)14(16)12-5-8-4-9(15)2-3-11(8)18-12/h2-7,14H,16H2,1H3. The monoisotopic (exact) mass is 293 g/mol. The van der Waals surface area contributed by atoms with Crippen molar-refractivity contribution in [1.29, 1.82) is 0 Å². The van der Waals surface area contributed by atoms with Gasteiger partial charge in [-0.05, 0) is 30.3 Å². The minimum atomic E-state index is -0.292. The van der Waals surface area contributed by atoms with Crippen LogP contribution in [0.15, 0.2) is 40.1 Å². The number of halogens is 1. The van der Waals surface area contributed by atoms with E-state index in [2.05, 4.69) is 0 Å². The Morgan fingerprint density at radius 1 is 1.32 bits per heavy atom. The van der Waals surface area contributed by atoms with Crippen LogP contribution in [0.2, 0.25) is 5.02 Å². The number of benzene rings is 1. The first-order valence-electron chi connectivity index (χ1n) is 5.74. The van der Waals surface area contributed by atoms with E-state index in [0.717, 1.165) is 27.4 Å². The third-order valence-electron chi connectivity index (χ3n) is 2.94. The van der Waals surface area contributed by atoms with Crippen LogP contribution in [-0.4, -0.2) is 7.11 Å². The van der Waals surface area contributed by atoms with E-state index in [0.29, 0.717) is 5.02 Å². The molecule has 0 aliphatic carbocycles. The summed E-state index contributed by atoms with van der Waals surface area (Å²) in [5.41, 5.74) is 7.00. The van der Waals surface area contributed by atoms with Crippen molar-refractivity contribution in [2.45, 2.75) is 6.04 Å². The van der Waals surface area contributed by atoms with Crippen molar-refractivity contribution in [3.8, 4) is 5.75 Å². The Bertz CT molecular complexity index is 719. The van der Waals surface area contributed by atoms with E-state index in [-0.39, 0.29) is 6.04 Å². The summed E-state index contributed by atoms with van der Waals surface area (Å²) < 4.78 is 10.9. The molecule has 19 heavy (non-hydrogen) atoms. The summed E-state index contributed by atoms with van der Waals surface area (Å²) >= 11 is 7.51. The molecule has 0 saturated heterocycles. The van der Waals surface area contributed by atoms with Crippen molar-refractivity contribution in [3.63, 3.8) is 0 Å². The Morgan fingerprint density at radius 3 is 2.89 bits per heavy atom. The first-order valence-corrected chi connectivity index (χ1v) is 7.00. The van der Waals surface area contributed by atoms with Gasteiger partial charge in [0.2, 0.25) is 0 Å². The summed E-state index contributed by atoms with van der Waals surface area (Å²) in [7, 11) is 1.64. The number of nitrogens with two attached hydrogens (primary N) is 1. The third kappa shape index (κ3) is 2.34. The molecule has 3 rings (SSSR count). The quantitative estimate of drug-likeness (QED) is 0.787. The summed E-state index contributed by atoms with van der Waals surface area (Å²) in [6.45, 7) is 0. The van der Waals surface area contributed by atoms with Gasteiger partial charge in [0.05, 0.1) is 13.2 Å². The van der Waals surface area contributed by atoms with Crippen molar-refractivity contribution in [3.05, 3.63) is 51.4 Å². The number of hydrogen-bond acceptors (Lipinski definition) is 4. The van der Waals surface area contributed by atoms with Crippen molar-refractivity contribution in [2.75, 3.05) is 7.11 Å². The van der Waals surface area contributed by atoms with Crippen LogP contribution in [0.3, 0.4) is 0 Å². The lowest BCUT2D eigenvalue weighted by Crippen LogP contribution is -2.08. The Kier molecular flexibility index (Phi) is 3.22. The number of ether oxygens (including phenoxy) is 1. The predicted octanol–water partition coefficient (Wildman–Crippen LogP) is 4.20. The number of fused-ring (bicyclic) bond motifs is 1. The molecule has 0 radical (unpaired) electrons. The average Bonchev–Trinajstić information content (AvgIpc) is 3.03. The first kappa shape index (κ1) is 12.5. The smallest absolute Gasteiger partial charge is 0.134 e. The van der Waals surface area contributed by atoms with Crippen LogP contribution < -0.4 is 10.5 Å². The van der Waals surface area contributed by atoms with Gasteiger partial charge in [-0.3, -0.25) is 0 Å². The fraction of sp³-hybridized carbons (Fsp3) is 0.143. The highest BCUT2D eigenvalue weighted by atomic mass is 35.5. The molecule has 1 aromatic carbocycles. The Balaban J connectivity index is 1.98. The van der Waals surface area contributed by atoms with Crippen molar-refractivity contribution in [1.82, 2.24) is 0 Å². The Morgan fingerprint density at radius 2 is 2.16 bits per heavy atom. The predicted molar refractivity (Wildman–Crippen MR) is 78.1 cm³/mol. The van der Waals surface area contributed by atoms with E-state index >= 15 is 0 Å². The van der Waals surface area contributed by atoms with E-state index in [1.165, 1.54) is 0 Å². The van der Waals surface area contributed by atoms with Crippen LogP contribution in [0.25, 0.3) is 11.0 Å². The minimum Gasteiger partial charge on any atom is -0.496 e. The molecule has 2 N–H and O–H groups in total. The van der Waals surface area contributed by atoms with Crippen LogP contribution in [-0.2, 0) is 0 Å². The van der Waals surface area contributed by atoms with Gasteiger partial charge in [-0.25, -0.2) is 0 Å². The molecule has 0 amide bonds. The largest absolute Gasteiger partial charge is 0.496 e. The lowest BCUT2D eigenvalue weighted by Gasteiger charge is -2.04. The minimum absolute atomic E-state index is 0.292. The van der Waals surface area contributed by atoms with Gasteiger partial charge in [0.1, 0.15) is 17.1 Å². The molecular weight excluding hydrogens is 282 g/mol. The van der Waals surface area contributed by atoms with Crippen molar-refractivity contribution < 1.29 is 9.15 Å². The molecule has 5 heteroatoms. The molecule has 3 nitrogen and oxygen atoms in total. The van der Waals surface area contributed by atoms with Gasteiger partial charge in [0.15, 0.2) is 0 Å². The fourth-order valence-corrected chi connectivity index (χ4v) is 2.98. The molecule has 0 aliphatic rings. The Labute approximate surface area is 119 Å². The summed E-state index contributed by atoms with van der Waals surface area (Å²) in [4.78, 5) is 1.00. The second-order valence-electron chi connectivity index (χ2n) is 4.20. The van der Waals surface area contributed by atoms with Crippen LogP contribution in [0.5, 0.6) is 5.75 Å². The van der Waals surface area contributed by atoms with E-state index < -0.39 is 0 Å². The molecule has 1 atom stereocenters. The molecule has 0 saturated carbocycles. The second kappa shape index (κ2) is 4.89. The van der Waals surface area contributed by atoms with E-state index in [1.54, 1.807) is 24.5 Å². The summed E-state index contributed by atoms with van der Waals surface area (Å²) in [5, 5.41) is 3.57. The molecule has 2 aromatic heterocycles. The zero-order chi connectivity index (χ0) is 13.4. The summed E-state index contributed by atoms with van der Waals surface area (Å²) in [6.07, 6.45) is 0. The number of rotatable bonds is 3. The van der Waals surface area contributed by atoms with E-state index in [4.69, 9.17) is 26.5 Å². The fourth-order valence-electron chi connectivity index (χ4n) is 1.93. The van der Waals surface area contributed by atoms with Crippen LogP contribution in [0.4, 0.5) is 0 Å². The molecule has 2 heterocycles. The molecule has 0 bridgehead atoms. The van der Waals surface area contributed by atoms with Gasteiger partial charge >= 0.3 is 0 Å². The van der Waals surface area contributed by atoms with E-state index in [9.17, 15) is 0 Å². The highest BCUT2D eigenvalue weighted by Crippen LogP contribution is 2.32. The molecule has 3 aromatic rings. The normalized spacial score (nSPS) is 12.8. The number of furan rings is 1. The van der Waals surface area contributed by atoms with Crippen LogP contribution in [0.1, 0.15) is 16.7 Å². The zero-order valence-corrected chi connectivity index (χ0v) is 11.8. The summed E-state index contributed by atoms with van der Waals surface area (Å²) in [6, 6.07) is 9.08. The van der Waals surface area contributed by atoms with Crippen molar-refractivity contribution in [2.24, 2.45) is 5.73 Å². The molecule has 1 unspecified atom stereocenters. The lowest BCUT2D eigenvalue weighted by atomic mass is 10.2. The zero-order valence-electron chi connectivity index (χ0n) is 10.2. The molecule has 98 valence electrons. The Hall–Kier alpha value is -1.49. The average molecular weight is 294 g/mol. The van der Waals surface area contributed by atoms with Crippen molar-refractivity contribution >= 4 is 33.9 Å². The van der Waals surface area contributed by atoms with Gasteiger partial charge < -0.3 is 14.9 Å².